The Bertz CT molecular complexity index is 355. The molecule has 0 aliphatic carbocycles. The number of unbranched alkanes of at least 4 members (excludes halogenated alkanes) is 1. The molecule has 102 valence electrons. The lowest BCUT2D eigenvalue weighted by Gasteiger charge is -2.17. The maximum absolute atomic E-state index is 3.64. The first kappa shape index (κ1) is 15.2. The van der Waals surface area contributed by atoms with Crippen molar-refractivity contribution in [3.05, 3.63) is 34.9 Å². The van der Waals surface area contributed by atoms with Crippen LogP contribution in [0.3, 0.4) is 0 Å². The van der Waals surface area contributed by atoms with Crippen LogP contribution in [-0.2, 0) is 0 Å². The molecule has 1 nitrogen and oxygen atoms in total. The van der Waals surface area contributed by atoms with Crippen molar-refractivity contribution in [2.24, 2.45) is 5.92 Å². The van der Waals surface area contributed by atoms with E-state index in [1.807, 2.05) is 0 Å². The zero-order chi connectivity index (χ0) is 13.5. The van der Waals surface area contributed by atoms with Gasteiger partial charge in [0, 0.05) is 6.04 Å². The number of hydrogen-bond donors (Lipinski definition) is 1. The lowest BCUT2D eigenvalue weighted by molar-refractivity contribution is 0.497. The van der Waals surface area contributed by atoms with Gasteiger partial charge in [0.15, 0.2) is 0 Å². The summed E-state index contributed by atoms with van der Waals surface area (Å²) in [7, 11) is 0. The van der Waals surface area contributed by atoms with Gasteiger partial charge in [-0.05, 0) is 50.8 Å². The van der Waals surface area contributed by atoms with Crippen LogP contribution in [0.15, 0.2) is 18.2 Å². The minimum atomic E-state index is 0.462. The van der Waals surface area contributed by atoms with E-state index in [0.29, 0.717) is 6.04 Å². The fraction of sp³-hybridized carbons (Fsp3) is 0.647. The van der Waals surface area contributed by atoms with Crippen molar-refractivity contribution in [1.82, 2.24) is 5.32 Å². The molecule has 0 aliphatic heterocycles. The second-order valence-corrected chi connectivity index (χ2v) is 5.93. The highest BCUT2D eigenvalue weighted by atomic mass is 14.9. The molecule has 0 amide bonds. The van der Waals surface area contributed by atoms with Gasteiger partial charge in [0.05, 0.1) is 0 Å². The summed E-state index contributed by atoms with van der Waals surface area (Å²) in [4.78, 5) is 0. The van der Waals surface area contributed by atoms with Gasteiger partial charge in [0.2, 0.25) is 0 Å². The largest absolute Gasteiger partial charge is 0.310 e. The summed E-state index contributed by atoms with van der Waals surface area (Å²) in [6.45, 7) is 12.4. The van der Waals surface area contributed by atoms with E-state index in [-0.39, 0.29) is 0 Å². The van der Waals surface area contributed by atoms with Gasteiger partial charge in [0.25, 0.3) is 0 Å². The fourth-order valence-electron chi connectivity index (χ4n) is 2.33. The van der Waals surface area contributed by atoms with E-state index in [4.69, 9.17) is 0 Å². The van der Waals surface area contributed by atoms with Crippen molar-refractivity contribution < 1.29 is 0 Å². The van der Waals surface area contributed by atoms with Crippen molar-refractivity contribution in [3.8, 4) is 0 Å². The molecule has 0 radical (unpaired) electrons. The molecule has 0 aliphatic rings. The fourth-order valence-corrected chi connectivity index (χ4v) is 2.33. The van der Waals surface area contributed by atoms with E-state index >= 15 is 0 Å². The minimum absolute atomic E-state index is 0.462. The summed E-state index contributed by atoms with van der Waals surface area (Å²) >= 11 is 0. The number of hydrogen-bond acceptors (Lipinski definition) is 1. The van der Waals surface area contributed by atoms with Crippen LogP contribution in [0.25, 0.3) is 0 Å². The second-order valence-electron chi connectivity index (χ2n) is 5.93. The van der Waals surface area contributed by atoms with Gasteiger partial charge < -0.3 is 5.32 Å². The second kappa shape index (κ2) is 7.58. The quantitative estimate of drug-likeness (QED) is 0.684. The van der Waals surface area contributed by atoms with Crippen LogP contribution < -0.4 is 5.32 Å². The predicted molar refractivity (Wildman–Crippen MR) is 81.0 cm³/mol. The van der Waals surface area contributed by atoms with Crippen LogP contribution in [0.1, 0.15) is 62.8 Å². The van der Waals surface area contributed by atoms with Crippen molar-refractivity contribution >= 4 is 0 Å². The molecule has 0 aromatic heterocycles. The maximum atomic E-state index is 3.64. The van der Waals surface area contributed by atoms with Crippen molar-refractivity contribution in [2.45, 2.75) is 59.9 Å². The molecule has 1 aromatic rings. The Morgan fingerprint density at radius 3 is 2.44 bits per heavy atom. The van der Waals surface area contributed by atoms with Crippen LogP contribution >= 0.6 is 0 Å². The van der Waals surface area contributed by atoms with E-state index in [1.165, 1.54) is 36.0 Å². The smallest absolute Gasteiger partial charge is 0.0294 e. The zero-order valence-electron chi connectivity index (χ0n) is 12.7. The molecule has 18 heavy (non-hydrogen) atoms. The Morgan fingerprint density at radius 2 is 1.78 bits per heavy atom. The summed E-state index contributed by atoms with van der Waals surface area (Å²) in [5.41, 5.74) is 4.19. The molecule has 1 atom stereocenters. The van der Waals surface area contributed by atoms with E-state index in [1.54, 1.807) is 0 Å². The van der Waals surface area contributed by atoms with Gasteiger partial charge in [-0.25, -0.2) is 0 Å². The molecule has 0 fully saturated rings. The van der Waals surface area contributed by atoms with Crippen molar-refractivity contribution in [1.29, 1.82) is 0 Å². The SMILES string of the molecule is Cc1ccc(C)c(C(C)NCCCCC(C)C)c1. The number of aryl methyl sites for hydroxylation is 2. The molecular formula is C17H29N. The molecule has 0 heterocycles. The molecule has 1 unspecified atom stereocenters. The topological polar surface area (TPSA) is 12.0 Å². The molecule has 0 bridgehead atoms. The minimum Gasteiger partial charge on any atom is -0.310 e. The lowest BCUT2D eigenvalue weighted by Crippen LogP contribution is -2.20. The molecule has 1 rings (SSSR count). The third-order valence-electron chi connectivity index (χ3n) is 3.56. The van der Waals surface area contributed by atoms with Crippen molar-refractivity contribution in [3.63, 3.8) is 0 Å². The van der Waals surface area contributed by atoms with Crippen LogP contribution in [0.5, 0.6) is 0 Å². The molecule has 1 heteroatoms. The normalized spacial score (nSPS) is 13.0. The number of nitrogens with one attached hydrogen (secondary N) is 1. The van der Waals surface area contributed by atoms with E-state index < -0.39 is 0 Å². The number of rotatable bonds is 7. The third-order valence-corrected chi connectivity index (χ3v) is 3.56. The summed E-state index contributed by atoms with van der Waals surface area (Å²) in [6.07, 6.45) is 3.97. The molecule has 0 saturated heterocycles. The Morgan fingerprint density at radius 1 is 1.06 bits per heavy atom. The summed E-state index contributed by atoms with van der Waals surface area (Å²) < 4.78 is 0. The standard InChI is InChI=1S/C17H29N/c1-13(2)8-6-7-11-18-16(5)17-12-14(3)9-10-15(17)4/h9-10,12-13,16,18H,6-8,11H2,1-5H3. The van der Waals surface area contributed by atoms with Gasteiger partial charge in [-0.1, -0.05) is 50.5 Å². The third kappa shape index (κ3) is 5.22. The number of benzene rings is 1. The Kier molecular flexibility index (Phi) is 6.42. The first-order valence-corrected chi connectivity index (χ1v) is 7.31. The van der Waals surface area contributed by atoms with Crippen LogP contribution in [0.2, 0.25) is 0 Å². The molecular weight excluding hydrogens is 218 g/mol. The van der Waals surface area contributed by atoms with Gasteiger partial charge in [-0.2, -0.15) is 0 Å². The van der Waals surface area contributed by atoms with Crippen LogP contribution in [0, 0.1) is 19.8 Å². The van der Waals surface area contributed by atoms with Crippen molar-refractivity contribution in [2.75, 3.05) is 6.54 Å². The average Bonchev–Trinajstić information content (AvgIpc) is 2.31. The molecule has 1 aromatic carbocycles. The highest BCUT2D eigenvalue weighted by Crippen LogP contribution is 2.18. The van der Waals surface area contributed by atoms with E-state index in [2.05, 4.69) is 58.1 Å². The average molecular weight is 247 g/mol. The maximum Gasteiger partial charge on any atom is 0.0294 e. The highest BCUT2D eigenvalue weighted by Gasteiger charge is 2.07. The van der Waals surface area contributed by atoms with Gasteiger partial charge >= 0.3 is 0 Å². The highest BCUT2D eigenvalue weighted by molar-refractivity contribution is 5.32. The zero-order valence-corrected chi connectivity index (χ0v) is 12.7. The first-order valence-electron chi connectivity index (χ1n) is 7.31. The summed E-state index contributed by atoms with van der Waals surface area (Å²) in [5, 5.41) is 3.64. The van der Waals surface area contributed by atoms with Gasteiger partial charge in [-0.15, -0.1) is 0 Å². The lowest BCUT2D eigenvalue weighted by atomic mass is 10.00. The Hall–Kier alpha value is -0.820. The summed E-state index contributed by atoms with van der Waals surface area (Å²) in [5.74, 6) is 0.835. The van der Waals surface area contributed by atoms with Gasteiger partial charge in [0.1, 0.15) is 0 Å². The molecule has 0 spiro atoms. The van der Waals surface area contributed by atoms with E-state index in [0.717, 1.165) is 12.5 Å². The Labute approximate surface area is 113 Å². The van der Waals surface area contributed by atoms with Crippen LogP contribution in [-0.4, -0.2) is 6.54 Å². The molecule has 1 N–H and O–H groups in total. The van der Waals surface area contributed by atoms with Crippen LogP contribution in [0.4, 0.5) is 0 Å². The molecule has 0 saturated carbocycles. The first-order chi connectivity index (χ1) is 8.50. The predicted octanol–water partition coefficient (Wildman–Crippen LogP) is 4.78. The summed E-state index contributed by atoms with van der Waals surface area (Å²) in [6, 6.07) is 7.18. The van der Waals surface area contributed by atoms with E-state index in [9.17, 15) is 0 Å². The van der Waals surface area contributed by atoms with Gasteiger partial charge in [-0.3, -0.25) is 0 Å². The Balaban J connectivity index is 2.36. The monoisotopic (exact) mass is 247 g/mol.